The number of carbonyl (C=O) groups excluding carboxylic acids is 2. The molecule has 1 saturated carbocycles. The molecule has 232 valence electrons. The largest absolute Gasteiger partial charge is 0.426 e. The smallest absolute Gasteiger partial charge is 0.317 e. The zero-order valence-electron chi connectivity index (χ0n) is 25.4. The molecule has 0 spiro atoms. The van der Waals surface area contributed by atoms with Crippen molar-refractivity contribution in [2.45, 2.75) is 89.9 Å². The van der Waals surface area contributed by atoms with Crippen molar-refractivity contribution in [3.8, 4) is 5.75 Å². The van der Waals surface area contributed by atoms with Crippen molar-refractivity contribution in [3.63, 3.8) is 0 Å². The number of benzene rings is 1. The second-order valence-corrected chi connectivity index (χ2v) is 13.0. The van der Waals surface area contributed by atoms with Gasteiger partial charge in [-0.3, -0.25) is 14.6 Å². The fraction of sp³-hybridized carbons (Fsp3) is 0.629. The van der Waals surface area contributed by atoms with Gasteiger partial charge in [0.25, 0.3) is 5.91 Å². The molecule has 7 rings (SSSR count). The number of carbonyl (C=O) groups is 2. The molecule has 2 aromatic rings. The molecule has 5 fully saturated rings. The predicted octanol–water partition coefficient (Wildman–Crippen LogP) is 5.69. The molecular weight excluding hydrogens is 542 g/mol. The number of esters is 1. The van der Waals surface area contributed by atoms with Crippen LogP contribution in [0, 0.1) is 17.3 Å². The first-order valence-corrected chi connectivity index (χ1v) is 16.6. The first-order valence-electron chi connectivity index (χ1n) is 16.6. The van der Waals surface area contributed by atoms with Crippen LogP contribution in [-0.4, -0.2) is 60.8 Å². The number of aryl methyl sites for hydroxylation is 1. The molecule has 4 saturated heterocycles. The zero-order chi connectivity index (χ0) is 29.5. The summed E-state index contributed by atoms with van der Waals surface area (Å²) in [6.45, 7) is 5.09. The number of fused-ring (bicyclic) bond motifs is 3. The molecule has 2 bridgehead atoms. The van der Waals surface area contributed by atoms with E-state index in [2.05, 4.69) is 21.3 Å². The van der Waals surface area contributed by atoms with Crippen LogP contribution in [0.1, 0.15) is 92.2 Å². The van der Waals surface area contributed by atoms with Crippen molar-refractivity contribution in [1.29, 1.82) is 0 Å². The first kappa shape index (κ1) is 30.2. The summed E-state index contributed by atoms with van der Waals surface area (Å²) in [4.78, 5) is 33.5. The standard InChI is InChI=1S/C35H47N3O5/c39-33(28-12-13-29(37-23-28)25-42-32-11-2-5-21-41-32)36-18-7-9-26-8-6-10-30(22-26)43-34(40)35(16-3-1-4-17-35)31-24-38-19-14-27(31)15-20-38/h6,8,10,12-13,22-23,27,31-32H,1-5,7,9,11,14-21,24-25H2,(H,36,39)/t31-,32?/m1/s1. The van der Waals surface area contributed by atoms with Gasteiger partial charge in [-0.1, -0.05) is 31.4 Å². The molecular formula is C35H47N3O5. The number of aromatic nitrogens is 1. The van der Waals surface area contributed by atoms with Gasteiger partial charge < -0.3 is 24.4 Å². The van der Waals surface area contributed by atoms with Crippen molar-refractivity contribution in [3.05, 3.63) is 59.4 Å². The van der Waals surface area contributed by atoms with E-state index in [-0.39, 0.29) is 23.6 Å². The summed E-state index contributed by atoms with van der Waals surface area (Å²) in [7, 11) is 0. The van der Waals surface area contributed by atoms with Crippen LogP contribution in [0.4, 0.5) is 0 Å². The van der Waals surface area contributed by atoms with Gasteiger partial charge in [0.15, 0.2) is 6.29 Å². The number of hydrogen-bond acceptors (Lipinski definition) is 7. The number of nitrogens with one attached hydrogen (secondary N) is 1. The molecule has 1 N–H and O–H groups in total. The lowest BCUT2D eigenvalue weighted by Gasteiger charge is -2.53. The van der Waals surface area contributed by atoms with Crippen molar-refractivity contribution in [2.24, 2.45) is 17.3 Å². The first-order chi connectivity index (χ1) is 21.1. The van der Waals surface area contributed by atoms with Crippen LogP contribution in [0.5, 0.6) is 5.75 Å². The van der Waals surface area contributed by atoms with Gasteiger partial charge in [-0.2, -0.15) is 0 Å². The SMILES string of the molecule is O=C(NCCCc1cccc(OC(=O)C2([C@@H]3CN4CCC3CC4)CCCCC2)c1)c1ccc(COC2CCCCO2)nc1. The number of piperidine rings is 3. The second-order valence-electron chi connectivity index (χ2n) is 13.0. The Morgan fingerprint density at radius 1 is 1.02 bits per heavy atom. The third-order valence-corrected chi connectivity index (χ3v) is 10.2. The summed E-state index contributed by atoms with van der Waals surface area (Å²) in [5.74, 6) is 1.57. The van der Waals surface area contributed by atoms with Crippen LogP contribution in [0.2, 0.25) is 0 Å². The van der Waals surface area contributed by atoms with E-state index in [0.29, 0.717) is 36.3 Å². The Balaban J connectivity index is 0.968. The Morgan fingerprint density at radius 2 is 1.88 bits per heavy atom. The number of rotatable bonds is 11. The summed E-state index contributed by atoms with van der Waals surface area (Å²) in [6.07, 6.45) is 14.0. The van der Waals surface area contributed by atoms with Crippen LogP contribution in [0.3, 0.4) is 0 Å². The molecule has 2 atom stereocenters. The molecule has 1 amide bonds. The van der Waals surface area contributed by atoms with Gasteiger partial charge in [-0.05, 0) is 113 Å². The second kappa shape index (κ2) is 14.3. The highest BCUT2D eigenvalue weighted by Gasteiger charge is 2.53. The van der Waals surface area contributed by atoms with Crippen molar-refractivity contribution in [2.75, 3.05) is 32.8 Å². The average molecular weight is 590 g/mol. The van der Waals surface area contributed by atoms with Gasteiger partial charge in [0, 0.05) is 25.9 Å². The summed E-state index contributed by atoms with van der Waals surface area (Å²) >= 11 is 0. The lowest BCUT2D eigenvalue weighted by molar-refractivity contribution is -0.169. The van der Waals surface area contributed by atoms with E-state index in [9.17, 15) is 9.59 Å². The lowest BCUT2D eigenvalue weighted by atomic mass is 9.58. The number of amides is 1. The van der Waals surface area contributed by atoms with Crippen molar-refractivity contribution in [1.82, 2.24) is 15.2 Å². The Kier molecular flexibility index (Phi) is 10.1. The Morgan fingerprint density at radius 3 is 2.60 bits per heavy atom. The highest BCUT2D eigenvalue weighted by molar-refractivity contribution is 5.93. The normalized spacial score (nSPS) is 26.5. The van der Waals surface area contributed by atoms with Crippen molar-refractivity contribution < 1.29 is 23.8 Å². The summed E-state index contributed by atoms with van der Waals surface area (Å²) in [5, 5.41) is 3.00. The van der Waals surface area contributed by atoms with Crippen LogP contribution in [-0.2, 0) is 27.3 Å². The maximum absolute atomic E-state index is 13.9. The van der Waals surface area contributed by atoms with E-state index in [1.54, 1.807) is 12.3 Å². The molecule has 5 aliphatic rings. The van der Waals surface area contributed by atoms with E-state index in [1.165, 1.54) is 32.4 Å². The highest BCUT2D eigenvalue weighted by Crippen LogP contribution is 2.51. The molecule has 4 aliphatic heterocycles. The fourth-order valence-corrected chi connectivity index (χ4v) is 7.73. The predicted molar refractivity (Wildman–Crippen MR) is 164 cm³/mol. The molecule has 8 nitrogen and oxygen atoms in total. The number of hydrogen-bond donors (Lipinski definition) is 1. The minimum Gasteiger partial charge on any atom is -0.426 e. The van der Waals surface area contributed by atoms with Crippen LogP contribution in [0.25, 0.3) is 0 Å². The van der Waals surface area contributed by atoms with E-state index < -0.39 is 0 Å². The number of nitrogens with zero attached hydrogens (tertiary/aromatic N) is 2. The minimum absolute atomic E-state index is 0.0103. The number of ether oxygens (including phenoxy) is 3. The molecule has 1 aliphatic carbocycles. The maximum atomic E-state index is 13.9. The Labute approximate surface area is 255 Å². The average Bonchev–Trinajstić information content (AvgIpc) is 3.07. The van der Waals surface area contributed by atoms with Gasteiger partial charge in [0.05, 0.1) is 23.3 Å². The zero-order valence-corrected chi connectivity index (χ0v) is 25.4. The highest BCUT2D eigenvalue weighted by atomic mass is 16.7. The molecule has 5 heterocycles. The molecule has 43 heavy (non-hydrogen) atoms. The fourth-order valence-electron chi connectivity index (χ4n) is 7.73. The van der Waals surface area contributed by atoms with E-state index in [0.717, 1.165) is 82.2 Å². The summed E-state index contributed by atoms with van der Waals surface area (Å²) in [6, 6.07) is 11.5. The van der Waals surface area contributed by atoms with Gasteiger partial charge in [-0.15, -0.1) is 0 Å². The maximum Gasteiger partial charge on any atom is 0.317 e. The molecule has 0 radical (unpaired) electrons. The van der Waals surface area contributed by atoms with E-state index >= 15 is 0 Å². The van der Waals surface area contributed by atoms with Gasteiger partial charge in [0.2, 0.25) is 0 Å². The van der Waals surface area contributed by atoms with Crippen LogP contribution in [0.15, 0.2) is 42.6 Å². The molecule has 8 heteroatoms. The topological polar surface area (TPSA) is 90.0 Å². The van der Waals surface area contributed by atoms with Crippen LogP contribution < -0.4 is 10.1 Å². The third-order valence-electron chi connectivity index (χ3n) is 10.2. The quantitative estimate of drug-likeness (QED) is 0.205. The minimum atomic E-state index is -0.341. The summed E-state index contributed by atoms with van der Waals surface area (Å²) in [5.41, 5.74) is 2.08. The summed E-state index contributed by atoms with van der Waals surface area (Å²) < 4.78 is 17.5. The van der Waals surface area contributed by atoms with Gasteiger partial charge >= 0.3 is 5.97 Å². The Hall–Kier alpha value is -2.81. The molecule has 1 aromatic carbocycles. The van der Waals surface area contributed by atoms with Gasteiger partial charge in [0.1, 0.15) is 5.75 Å². The number of pyridine rings is 1. The molecule has 1 unspecified atom stereocenters. The van der Waals surface area contributed by atoms with E-state index in [4.69, 9.17) is 14.2 Å². The molecule has 1 aromatic heterocycles. The van der Waals surface area contributed by atoms with Gasteiger partial charge in [-0.25, -0.2) is 0 Å². The Bertz CT molecular complexity index is 1210. The van der Waals surface area contributed by atoms with E-state index in [1.807, 2.05) is 24.3 Å². The third kappa shape index (κ3) is 7.47. The van der Waals surface area contributed by atoms with Crippen LogP contribution >= 0.6 is 0 Å². The lowest BCUT2D eigenvalue weighted by Crippen LogP contribution is -2.57. The monoisotopic (exact) mass is 589 g/mol. The van der Waals surface area contributed by atoms with Crippen molar-refractivity contribution >= 4 is 11.9 Å².